The van der Waals surface area contributed by atoms with Crippen molar-refractivity contribution < 1.29 is 4.79 Å². The van der Waals surface area contributed by atoms with Crippen molar-refractivity contribution in [2.45, 2.75) is 13.0 Å². The first-order valence-corrected chi connectivity index (χ1v) is 9.03. The zero-order valence-electron chi connectivity index (χ0n) is 15.0. The largest absolute Gasteiger partial charge is 0.331 e. The molecule has 5 rings (SSSR count). The molecule has 0 atom stereocenters. The number of hydrogen-bond donors (Lipinski definition) is 0. The van der Waals surface area contributed by atoms with Crippen LogP contribution in [-0.4, -0.2) is 36.5 Å². The van der Waals surface area contributed by atoms with Crippen LogP contribution in [0.25, 0.3) is 16.8 Å². The van der Waals surface area contributed by atoms with Crippen LogP contribution >= 0.6 is 0 Å². The molecular weight excluding hydrogens is 338 g/mol. The molecule has 0 spiro atoms. The van der Waals surface area contributed by atoms with Gasteiger partial charge in [-0.25, -0.2) is 4.98 Å². The van der Waals surface area contributed by atoms with E-state index in [9.17, 15) is 4.79 Å². The average molecular weight is 357 g/mol. The van der Waals surface area contributed by atoms with E-state index < -0.39 is 0 Å². The van der Waals surface area contributed by atoms with Crippen molar-refractivity contribution in [3.8, 4) is 11.3 Å². The van der Waals surface area contributed by atoms with E-state index in [1.54, 1.807) is 6.33 Å². The molecule has 1 aliphatic rings. The van der Waals surface area contributed by atoms with Gasteiger partial charge in [-0.2, -0.15) is 5.10 Å². The summed E-state index contributed by atoms with van der Waals surface area (Å²) in [6.45, 7) is 1.18. The summed E-state index contributed by atoms with van der Waals surface area (Å²) in [6, 6.07) is 16.1. The van der Waals surface area contributed by atoms with Crippen LogP contribution in [0, 0.1) is 0 Å². The number of carbonyl (C=O) groups excluding carboxylic acids is 1. The fraction of sp³-hybridized carbons (Fsp3) is 0.190. The van der Waals surface area contributed by atoms with Gasteiger partial charge >= 0.3 is 0 Å². The number of hydrogen-bond acceptors (Lipinski definition) is 3. The molecule has 6 nitrogen and oxygen atoms in total. The predicted molar refractivity (Wildman–Crippen MR) is 102 cm³/mol. The number of fused-ring (bicyclic) bond motifs is 2. The normalized spacial score (nSPS) is 13.7. The Labute approximate surface area is 156 Å². The molecule has 6 heteroatoms. The standard InChI is InChI=1S/C21H19N5O/c1-24-20(15-7-3-2-4-8-15)16-10-12-25(13-17(16)23-24)21(27)19-18-9-5-6-11-26(18)14-22-19/h2-9,11,14H,10,12-13H2,1H3. The van der Waals surface area contributed by atoms with Gasteiger partial charge in [0.2, 0.25) is 0 Å². The van der Waals surface area contributed by atoms with Gasteiger partial charge in [-0.15, -0.1) is 0 Å². The summed E-state index contributed by atoms with van der Waals surface area (Å²) in [7, 11) is 1.97. The highest BCUT2D eigenvalue weighted by molar-refractivity contribution is 5.99. The second kappa shape index (κ2) is 6.09. The first kappa shape index (κ1) is 15.8. The molecule has 0 saturated heterocycles. The van der Waals surface area contributed by atoms with Crippen molar-refractivity contribution in [2.75, 3.05) is 6.54 Å². The number of aryl methyl sites for hydroxylation is 1. The average Bonchev–Trinajstić information content (AvgIpc) is 3.27. The fourth-order valence-electron chi connectivity index (χ4n) is 3.91. The summed E-state index contributed by atoms with van der Waals surface area (Å²) in [5.41, 5.74) is 5.85. The van der Waals surface area contributed by atoms with E-state index in [0.29, 0.717) is 18.8 Å². The van der Waals surface area contributed by atoms with E-state index in [2.05, 4.69) is 17.1 Å². The molecule has 27 heavy (non-hydrogen) atoms. The van der Waals surface area contributed by atoms with E-state index >= 15 is 0 Å². The molecule has 1 aromatic carbocycles. The molecule has 3 aromatic heterocycles. The van der Waals surface area contributed by atoms with E-state index in [-0.39, 0.29) is 5.91 Å². The minimum Gasteiger partial charge on any atom is -0.331 e. The highest BCUT2D eigenvalue weighted by atomic mass is 16.2. The van der Waals surface area contributed by atoms with Crippen LogP contribution in [0.3, 0.4) is 0 Å². The van der Waals surface area contributed by atoms with Crippen molar-refractivity contribution in [3.05, 3.63) is 78.0 Å². The fourth-order valence-corrected chi connectivity index (χ4v) is 3.91. The van der Waals surface area contributed by atoms with Crippen LogP contribution < -0.4 is 0 Å². The molecule has 134 valence electrons. The Morgan fingerprint density at radius 2 is 1.89 bits per heavy atom. The number of nitrogens with zero attached hydrogens (tertiary/aromatic N) is 5. The topological polar surface area (TPSA) is 55.4 Å². The molecular formula is C21H19N5O. The van der Waals surface area contributed by atoms with Gasteiger partial charge in [0.25, 0.3) is 5.91 Å². The quantitative estimate of drug-likeness (QED) is 0.554. The Hall–Kier alpha value is -3.41. The Morgan fingerprint density at radius 3 is 2.74 bits per heavy atom. The third-order valence-electron chi connectivity index (χ3n) is 5.18. The monoisotopic (exact) mass is 357 g/mol. The Balaban J connectivity index is 1.48. The van der Waals surface area contributed by atoms with E-state index in [1.807, 2.05) is 63.6 Å². The van der Waals surface area contributed by atoms with Crippen LogP contribution in [0.2, 0.25) is 0 Å². The molecule has 1 amide bonds. The lowest BCUT2D eigenvalue weighted by Crippen LogP contribution is -2.36. The second-order valence-electron chi connectivity index (χ2n) is 6.83. The SMILES string of the molecule is Cn1nc2c(c1-c1ccccc1)CCN(C(=O)c1ncn3ccccc13)C2. The van der Waals surface area contributed by atoms with Crippen LogP contribution in [0.5, 0.6) is 0 Å². The number of amides is 1. The molecule has 0 fully saturated rings. The minimum absolute atomic E-state index is 0.0405. The zero-order valence-corrected chi connectivity index (χ0v) is 15.0. The van der Waals surface area contributed by atoms with Gasteiger partial charge in [-0.05, 0) is 18.6 Å². The molecule has 0 radical (unpaired) electrons. The number of carbonyl (C=O) groups is 1. The molecule has 0 unspecified atom stereocenters. The summed E-state index contributed by atoms with van der Waals surface area (Å²) in [5.74, 6) is -0.0405. The maximum absolute atomic E-state index is 13.1. The number of imidazole rings is 1. The predicted octanol–water partition coefficient (Wildman–Crippen LogP) is 2.93. The summed E-state index contributed by atoms with van der Waals surface area (Å²) < 4.78 is 3.80. The van der Waals surface area contributed by atoms with E-state index in [1.165, 1.54) is 5.56 Å². The summed E-state index contributed by atoms with van der Waals surface area (Å²) in [5, 5.41) is 4.70. The number of aromatic nitrogens is 4. The lowest BCUT2D eigenvalue weighted by molar-refractivity contribution is 0.0729. The number of rotatable bonds is 2. The van der Waals surface area contributed by atoms with Crippen LogP contribution in [0.1, 0.15) is 21.7 Å². The first-order chi connectivity index (χ1) is 13.2. The van der Waals surface area contributed by atoms with Crippen molar-refractivity contribution in [1.29, 1.82) is 0 Å². The number of pyridine rings is 1. The van der Waals surface area contributed by atoms with Crippen LogP contribution in [-0.2, 0) is 20.0 Å². The van der Waals surface area contributed by atoms with Gasteiger partial charge < -0.3 is 9.30 Å². The Bertz CT molecular complexity index is 1140. The Kier molecular flexibility index (Phi) is 3.57. The summed E-state index contributed by atoms with van der Waals surface area (Å²) in [6.07, 6.45) is 4.38. The smallest absolute Gasteiger partial charge is 0.275 e. The van der Waals surface area contributed by atoms with Crippen molar-refractivity contribution >= 4 is 11.4 Å². The first-order valence-electron chi connectivity index (χ1n) is 9.03. The summed E-state index contributed by atoms with van der Waals surface area (Å²) in [4.78, 5) is 19.3. The third kappa shape index (κ3) is 2.52. The van der Waals surface area contributed by atoms with Gasteiger partial charge in [0.15, 0.2) is 5.69 Å². The van der Waals surface area contributed by atoms with E-state index in [4.69, 9.17) is 5.10 Å². The Morgan fingerprint density at radius 1 is 1.07 bits per heavy atom. The molecule has 0 bridgehead atoms. The summed E-state index contributed by atoms with van der Waals surface area (Å²) >= 11 is 0. The highest BCUT2D eigenvalue weighted by Gasteiger charge is 2.29. The van der Waals surface area contributed by atoms with E-state index in [0.717, 1.165) is 28.9 Å². The second-order valence-corrected chi connectivity index (χ2v) is 6.83. The lowest BCUT2D eigenvalue weighted by atomic mass is 9.99. The molecule has 0 saturated carbocycles. The highest BCUT2D eigenvalue weighted by Crippen LogP contribution is 2.30. The van der Waals surface area contributed by atoms with Gasteiger partial charge in [-0.3, -0.25) is 9.48 Å². The van der Waals surface area contributed by atoms with Crippen LogP contribution in [0.15, 0.2) is 61.1 Å². The third-order valence-corrected chi connectivity index (χ3v) is 5.18. The van der Waals surface area contributed by atoms with Gasteiger partial charge in [-0.1, -0.05) is 36.4 Å². The number of benzene rings is 1. The van der Waals surface area contributed by atoms with Crippen molar-refractivity contribution in [3.63, 3.8) is 0 Å². The van der Waals surface area contributed by atoms with Crippen molar-refractivity contribution in [2.24, 2.45) is 7.05 Å². The molecule has 0 aliphatic carbocycles. The molecule has 1 aliphatic heterocycles. The lowest BCUT2D eigenvalue weighted by Gasteiger charge is -2.26. The van der Waals surface area contributed by atoms with Crippen molar-refractivity contribution in [1.82, 2.24) is 24.1 Å². The van der Waals surface area contributed by atoms with Crippen LogP contribution in [0.4, 0.5) is 0 Å². The minimum atomic E-state index is -0.0405. The van der Waals surface area contributed by atoms with Gasteiger partial charge in [0, 0.05) is 30.9 Å². The zero-order chi connectivity index (χ0) is 18.4. The molecule has 4 heterocycles. The molecule has 0 N–H and O–H groups in total. The van der Waals surface area contributed by atoms with Gasteiger partial charge in [0.1, 0.15) is 6.33 Å². The maximum atomic E-state index is 13.1. The molecule has 4 aromatic rings. The van der Waals surface area contributed by atoms with Gasteiger partial charge in [0.05, 0.1) is 23.4 Å². The maximum Gasteiger partial charge on any atom is 0.275 e.